The molecule has 2 aromatic carbocycles. The number of rotatable bonds is 2. The number of methoxy groups -OCH3 is 1. The number of nitrogens with one attached hydrogen (secondary N) is 1. The van der Waals surface area contributed by atoms with Crippen molar-refractivity contribution < 1.29 is 9.84 Å². The Kier molecular flexibility index (Phi) is 2.91. The maximum Gasteiger partial charge on any atom is 0.291 e. The zero-order valence-electron chi connectivity index (χ0n) is 10.9. The maximum atomic E-state index is 12.1. The summed E-state index contributed by atoms with van der Waals surface area (Å²) in [5.41, 5.74) is 1.92. The third-order valence-electron chi connectivity index (χ3n) is 3.22. The number of benzene rings is 2. The zero-order chi connectivity index (χ0) is 14.1. The summed E-state index contributed by atoms with van der Waals surface area (Å²) in [6, 6.07) is 14.3. The van der Waals surface area contributed by atoms with Gasteiger partial charge >= 0.3 is 0 Å². The average molecular weight is 267 g/mol. The first-order valence-corrected chi connectivity index (χ1v) is 6.19. The Hall–Kier alpha value is -2.75. The van der Waals surface area contributed by atoms with Gasteiger partial charge in [0.1, 0.15) is 5.75 Å². The van der Waals surface area contributed by atoms with E-state index in [1.807, 2.05) is 30.3 Å². The van der Waals surface area contributed by atoms with E-state index >= 15 is 0 Å². The van der Waals surface area contributed by atoms with Gasteiger partial charge in [-0.2, -0.15) is 0 Å². The summed E-state index contributed by atoms with van der Waals surface area (Å²) in [6.07, 6.45) is 0. The van der Waals surface area contributed by atoms with Crippen LogP contribution in [0.1, 0.15) is 0 Å². The van der Waals surface area contributed by atoms with Gasteiger partial charge in [-0.05, 0) is 23.8 Å². The molecule has 0 aliphatic heterocycles. The molecule has 0 aliphatic rings. The first kappa shape index (κ1) is 12.3. The lowest BCUT2D eigenvalue weighted by Gasteiger charge is -2.11. The highest BCUT2D eigenvalue weighted by atomic mass is 16.5. The lowest BCUT2D eigenvalue weighted by molar-refractivity contribution is 0.411. The van der Waals surface area contributed by atoms with E-state index in [1.165, 1.54) is 7.11 Å². The molecule has 0 aliphatic carbocycles. The Labute approximate surface area is 115 Å². The molecule has 0 saturated heterocycles. The van der Waals surface area contributed by atoms with Crippen molar-refractivity contribution in [2.75, 3.05) is 7.11 Å². The van der Waals surface area contributed by atoms with Crippen LogP contribution in [0.25, 0.3) is 22.0 Å². The monoisotopic (exact) mass is 267 g/mol. The van der Waals surface area contributed by atoms with Crippen LogP contribution in [0.5, 0.6) is 11.5 Å². The smallest absolute Gasteiger partial charge is 0.291 e. The number of hydrogen-bond acceptors (Lipinski definition) is 3. The van der Waals surface area contributed by atoms with E-state index in [0.29, 0.717) is 11.1 Å². The Morgan fingerprint density at radius 3 is 2.55 bits per heavy atom. The first-order chi connectivity index (χ1) is 9.70. The fraction of sp³-hybridized carbons (Fsp3) is 0.0625. The molecular formula is C16H13NO3. The number of hydrogen-bond donors (Lipinski definition) is 2. The minimum absolute atomic E-state index is 0.142. The van der Waals surface area contributed by atoms with Crippen LogP contribution in [0, 0.1) is 0 Å². The van der Waals surface area contributed by atoms with Gasteiger partial charge in [0.25, 0.3) is 5.56 Å². The van der Waals surface area contributed by atoms with Gasteiger partial charge < -0.3 is 14.8 Å². The van der Waals surface area contributed by atoms with Gasteiger partial charge in [-0.25, -0.2) is 0 Å². The molecule has 0 atom stereocenters. The number of aromatic amines is 1. The van der Waals surface area contributed by atoms with E-state index in [-0.39, 0.29) is 17.1 Å². The molecule has 3 rings (SSSR count). The molecule has 4 nitrogen and oxygen atoms in total. The molecular weight excluding hydrogens is 254 g/mol. The topological polar surface area (TPSA) is 62.3 Å². The van der Waals surface area contributed by atoms with Gasteiger partial charge in [-0.15, -0.1) is 0 Å². The summed E-state index contributed by atoms with van der Waals surface area (Å²) < 4.78 is 5.25. The fourth-order valence-corrected chi connectivity index (χ4v) is 2.35. The van der Waals surface area contributed by atoms with Gasteiger partial charge in [0, 0.05) is 16.5 Å². The normalized spacial score (nSPS) is 10.7. The molecule has 0 bridgehead atoms. The predicted octanol–water partition coefficient (Wildman–Crippen LogP) is 2.91. The molecule has 4 heteroatoms. The lowest BCUT2D eigenvalue weighted by atomic mass is 10.00. The maximum absolute atomic E-state index is 12.1. The van der Waals surface area contributed by atoms with Gasteiger partial charge in [-0.3, -0.25) is 4.79 Å². The second-order valence-electron chi connectivity index (χ2n) is 4.46. The van der Waals surface area contributed by atoms with E-state index < -0.39 is 0 Å². The summed E-state index contributed by atoms with van der Waals surface area (Å²) in [6.45, 7) is 0. The standard InChI is InChI=1S/C16H13NO3/c1-20-15-14(10-5-3-2-4-6-10)12-9-11(18)7-8-13(12)17-16(15)19/h2-9,18H,1H3,(H,17,19). The van der Waals surface area contributed by atoms with Crippen LogP contribution in [-0.4, -0.2) is 17.2 Å². The Morgan fingerprint density at radius 1 is 1.10 bits per heavy atom. The van der Waals surface area contributed by atoms with Crippen molar-refractivity contribution in [1.29, 1.82) is 0 Å². The largest absolute Gasteiger partial charge is 0.508 e. The second-order valence-corrected chi connectivity index (χ2v) is 4.46. The van der Waals surface area contributed by atoms with Crippen molar-refractivity contribution in [3.63, 3.8) is 0 Å². The molecule has 0 spiro atoms. The van der Waals surface area contributed by atoms with Crippen molar-refractivity contribution in [1.82, 2.24) is 4.98 Å². The number of H-pyrrole nitrogens is 1. The summed E-state index contributed by atoms with van der Waals surface area (Å²) in [5.74, 6) is 0.387. The summed E-state index contributed by atoms with van der Waals surface area (Å²) in [5, 5.41) is 10.4. The summed E-state index contributed by atoms with van der Waals surface area (Å²) >= 11 is 0. The third kappa shape index (κ3) is 1.91. The Bertz CT molecular complexity index is 822. The third-order valence-corrected chi connectivity index (χ3v) is 3.22. The van der Waals surface area contributed by atoms with Crippen LogP contribution >= 0.6 is 0 Å². The van der Waals surface area contributed by atoms with Crippen molar-refractivity contribution in [2.45, 2.75) is 0 Å². The molecule has 0 radical (unpaired) electrons. The molecule has 0 unspecified atom stereocenters. The van der Waals surface area contributed by atoms with Crippen LogP contribution in [0.4, 0.5) is 0 Å². The first-order valence-electron chi connectivity index (χ1n) is 6.19. The van der Waals surface area contributed by atoms with Crippen molar-refractivity contribution in [2.24, 2.45) is 0 Å². The SMILES string of the molecule is COc1c(-c2ccccc2)c2cc(O)ccc2[nH]c1=O. The van der Waals surface area contributed by atoms with Crippen molar-refractivity contribution in [3.05, 3.63) is 58.9 Å². The van der Waals surface area contributed by atoms with Crippen LogP contribution in [0.15, 0.2) is 53.3 Å². The molecule has 2 N–H and O–H groups in total. The molecule has 20 heavy (non-hydrogen) atoms. The molecule has 0 amide bonds. The van der Waals surface area contributed by atoms with Gasteiger partial charge in [0.2, 0.25) is 0 Å². The molecule has 100 valence electrons. The van der Waals surface area contributed by atoms with E-state index in [1.54, 1.807) is 18.2 Å². The van der Waals surface area contributed by atoms with Gasteiger partial charge in [0.15, 0.2) is 5.75 Å². The summed E-state index contributed by atoms with van der Waals surface area (Å²) in [4.78, 5) is 14.9. The number of phenols is 1. The minimum atomic E-state index is -0.287. The van der Waals surface area contributed by atoms with E-state index in [0.717, 1.165) is 10.9 Å². The van der Waals surface area contributed by atoms with Gasteiger partial charge in [0.05, 0.1) is 7.11 Å². The number of aromatic nitrogens is 1. The van der Waals surface area contributed by atoms with Gasteiger partial charge in [-0.1, -0.05) is 30.3 Å². The van der Waals surface area contributed by atoms with Crippen molar-refractivity contribution >= 4 is 10.9 Å². The quantitative estimate of drug-likeness (QED) is 0.750. The minimum Gasteiger partial charge on any atom is -0.508 e. The molecule has 1 heterocycles. The average Bonchev–Trinajstić information content (AvgIpc) is 2.47. The fourth-order valence-electron chi connectivity index (χ4n) is 2.35. The number of fused-ring (bicyclic) bond motifs is 1. The zero-order valence-corrected chi connectivity index (χ0v) is 10.9. The molecule has 3 aromatic rings. The number of phenolic OH excluding ortho intramolecular Hbond substituents is 1. The van der Waals surface area contributed by atoms with Crippen molar-refractivity contribution in [3.8, 4) is 22.6 Å². The van der Waals surface area contributed by atoms with Crippen LogP contribution in [0.2, 0.25) is 0 Å². The van der Waals surface area contributed by atoms with E-state index in [2.05, 4.69) is 4.98 Å². The van der Waals surface area contributed by atoms with Crippen LogP contribution in [0.3, 0.4) is 0 Å². The highest BCUT2D eigenvalue weighted by Crippen LogP contribution is 2.34. The molecule has 0 fully saturated rings. The highest BCUT2D eigenvalue weighted by molar-refractivity contribution is 5.98. The second kappa shape index (κ2) is 4.74. The molecule has 1 aromatic heterocycles. The molecule has 0 saturated carbocycles. The Balaban J connectivity index is 2.48. The highest BCUT2D eigenvalue weighted by Gasteiger charge is 2.15. The Morgan fingerprint density at radius 2 is 1.85 bits per heavy atom. The summed E-state index contributed by atoms with van der Waals surface area (Å²) in [7, 11) is 1.46. The lowest BCUT2D eigenvalue weighted by Crippen LogP contribution is -2.11. The number of ether oxygens (including phenoxy) is 1. The number of pyridine rings is 1. The van der Waals surface area contributed by atoms with Crippen LogP contribution < -0.4 is 10.3 Å². The predicted molar refractivity (Wildman–Crippen MR) is 78.2 cm³/mol. The van der Waals surface area contributed by atoms with Crippen LogP contribution in [-0.2, 0) is 0 Å². The van der Waals surface area contributed by atoms with E-state index in [9.17, 15) is 9.90 Å². The van der Waals surface area contributed by atoms with E-state index in [4.69, 9.17) is 4.74 Å². The number of aromatic hydroxyl groups is 1.